The summed E-state index contributed by atoms with van der Waals surface area (Å²) in [6, 6.07) is 0.992. The van der Waals surface area contributed by atoms with Crippen LogP contribution in [0.5, 0.6) is 0 Å². The largest absolute Gasteiger partial charge is 0.481 e. The fraction of sp³-hybridized carbons (Fsp3) is 0.435. The number of nitrogens with zero attached hydrogens (tertiary/aromatic N) is 1. The number of aliphatic carboxylic acids is 2. The number of carbonyl (C=O) groups excluding carboxylic acids is 4. The molecule has 1 heterocycles. The van der Waals surface area contributed by atoms with Crippen molar-refractivity contribution in [3.8, 4) is 0 Å². The second-order valence-corrected chi connectivity index (χ2v) is 8.90. The van der Waals surface area contributed by atoms with Gasteiger partial charge in [-0.15, -0.1) is 0 Å². The van der Waals surface area contributed by atoms with E-state index in [1.807, 2.05) is 0 Å². The lowest BCUT2D eigenvalue weighted by atomic mass is 10.0. The summed E-state index contributed by atoms with van der Waals surface area (Å²) in [7, 11) is 0. The molecule has 1 fully saturated rings. The Balaban J connectivity index is 2.15. The van der Waals surface area contributed by atoms with Crippen molar-refractivity contribution in [1.82, 2.24) is 21.3 Å². The predicted octanol–water partition coefficient (Wildman–Crippen LogP) is -0.827. The highest BCUT2D eigenvalue weighted by molar-refractivity contribution is 6.21. The molecular formula is C23H31N7O8. The lowest BCUT2D eigenvalue weighted by Gasteiger charge is -2.22. The molecule has 2 rings (SSSR count). The summed E-state index contributed by atoms with van der Waals surface area (Å²) < 4.78 is 0. The van der Waals surface area contributed by atoms with E-state index in [0.29, 0.717) is 13.0 Å². The number of amides is 5. The zero-order chi connectivity index (χ0) is 28.6. The van der Waals surface area contributed by atoms with Crippen molar-refractivity contribution in [3.05, 3.63) is 29.8 Å². The first-order valence-electron chi connectivity index (χ1n) is 11.7. The number of hydrogen-bond acceptors (Lipinski definition) is 7. The Bertz CT molecular complexity index is 1120. The van der Waals surface area contributed by atoms with Crippen LogP contribution >= 0.6 is 0 Å². The van der Waals surface area contributed by atoms with Gasteiger partial charge in [0, 0.05) is 12.1 Å². The monoisotopic (exact) mass is 533 g/mol. The topological polar surface area (TPSA) is 244 Å². The van der Waals surface area contributed by atoms with E-state index in [9.17, 15) is 39.0 Å². The van der Waals surface area contributed by atoms with Crippen LogP contribution in [-0.2, 0) is 19.2 Å². The molecular weight excluding hydrogens is 502 g/mol. The van der Waals surface area contributed by atoms with Gasteiger partial charge in [0.25, 0.3) is 11.8 Å². The molecule has 3 atom stereocenters. The first-order chi connectivity index (χ1) is 17.8. The van der Waals surface area contributed by atoms with E-state index < -0.39 is 66.2 Å². The highest BCUT2D eigenvalue weighted by atomic mass is 16.4. The highest BCUT2D eigenvalue weighted by Crippen LogP contribution is 2.22. The van der Waals surface area contributed by atoms with Crippen LogP contribution in [0.15, 0.2) is 24.3 Å². The van der Waals surface area contributed by atoms with Gasteiger partial charge in [-0.2, -0.15) is 0 Å². The fourth-order valence-electron chi connectivity index (χ4n) is 3.68. The van der Waals surface area contributed by atoms with E-state index in [0.717, 1.165) is 4.90 Å². The van der Waals surface area contributed by atoms with Crippen LogP contribution in [-0.4, -0.2) is 76.5 Å². The molecule has 0 saturated carbocycles. The predicted molar refractivity (Wildman–Crippen MR) is 133 cm³/mol. The number of anilines is 1. The summed E-state index contributed by atoms with van der Waals surface area (Å²) in [5.41, 5.74) is 5.22. The number of carbonyl (C=O) groups is 6. The van der Waals surface area contributed by atoms with Gasteiger partial charge in [0.2, 0.25) is 5.91 Å². The van der Waals surface area contributed by atoms with Crippen molar-refractivity contribution >= 4 is 47.3 Å². The summed E-state index contributed by atoms with van der Waals surface area (Å²) in [4.78, 5) is 74.4. The van der Waals surface area contributed by atoms with Crippen molar-refractivity contribution in [3.63, 3.8) is 0 Å². The zero-order valence-electron chi connectivity index (χ0n) is 20.8. The molecule has 1 aliphatic rings. The van der Waals surface area contributed by atoms with Gasteiger partial charge in [0.05, 0.1) is 12.1 Å². The minimum atomic E-state index is -1.59. The summed E-state index contributed by atoms with van der Waals surface area (Å²) in [6.45, 7) is 3.44. The molecule has 9 N–H and O–H groups in total. The summed E-state index contributed by atoms with van der Waals surface area (Å²) in [5.74, 6) is -5.85. The molecule has 38 heavy (non-hydrogen) atoms. The Kier molecular flexibility index (Phi) is 10.1. The second kappa shape index (κ2) is 13.0. The lowest BCUT2D eigenvalue weighted by molar-refractivity contribution is -0.144. The van der Waals surface area contributed by atoms with Crippen molar-refractivity contribution in [2.75, 3.05) is 11.4 Å². The average Bonchev–Trinajstić information content (AvgIpc) is 3.11. The molecule has 0 bridgehead atoms. The zero-order valence-corrected chi connectivity index (χ0v) is 20.8. The molecule has 0 radical (unpaired) electrons. The van der Waals surface area contributed by atoms with Crippen LogP contribution in [0.3, 0.4) is 0 Å². The Morgan fingerprint density at radius 1 is 1.16 bits per heavy atom. The highest BCUT2D eigenvalue weighted by Gasteiger charge is 2.39. The van der Waals surface area contributed by atoms with E-state index >= 15 is 0 Å². The van der Waals surface area contributed by atoms with Crippen molar-refractivity contribution in [2.24, 2.45) is 11.7 Å². The average molecular weight is 534 g/mol. The molecule has 206 valence electrons. The number of guanidine groups is 1. The molecule has 0 spiro atoms. The first kappa shape index (κ1) is 29.5. The first-order valence-corrected chi connectivity index (χ1v) is 11.7. The Morgan fingerprint density at radius 3 is 2.42 bits per heavy atom. The number of nitrogens with two attached hydrogens (primary N) is 1. The van der Waals surface area contributed by atoms with Crippen molar-refractivity contribution in [1.29, 1.82) is 5.41 Å². The third-order valence-corrected chi connectivity index (χ3v) is 5.60. The smallest absolute Gasteiger partial charge is 0.329 e. The summed E-state index contributed by atoms with van der Waals surface area (Å²) in [6.07, 6.45) is -0.0881. The van der Waals surface area contributed by atoms with Crippen LogP contribution < -0.4 is 31.9 Å². The van der Waals surface area contributed by atoms with Gasteiger partial charge in [0.15, 0.2) is 5.96 Å². The number of carboxylic acid groups (broad SMARTS) is 2. The molecule has 1 aromatic carbocycles. The number of benzene rings is 1. The standard InChI is InChI=1S/C23H31N7O8/c1-11(2)17(21(36)37)29-19(34)15(10-16(31)32)27-18(33)12-5-3-6-13(9-12)30-20(35)14(28-23(30)38)7-4-8-26-22(24)25/h3,5-6,9,11,14-15,17H,4,7-8,10H2,1-2H3,(H,27,33)(H,28,38)(H,29,34)(H,31,32)(H,36,37)(H4,24,25,26)/t14-,15-,17-/m0/s1. The molecule has 0 aliphatic carbocycles. The lowest BCUT2D eigenvalue weighted by Crippen LogP contribution is -2.53. The fourth-order valence-corrected chi connectivity index (χ4v) is 3.68. The van der Waals surface area contributed by atoms with E-state index in [2.05, 4.69) is 21.3 Å². The van der Waals surface area contributed by atoms with Crippen LogP contribution in [0, 0.1) is 11.3 Å². The maximum absolute atomic E-state index is 12.9. The van der Waals surface area contributed by atoms with Gasteiger partial charge in [-0.1, -0.05) is 19.9 Å². The Labute approximate surface area is 217 Å². The van der Waals surface area contributed by atoms with E-state index in [1.54, 1.807) is 13.8 Å². The molecule has 1 saturated heterocycles. The van der Waals surface area contributed by atoms with Crippen LogP contribution in [0.4, 0.5) is 10.5 Å². The summed E-state index contributed by atoms with van der Waals surface area (Å²) >= 11 is 0. The summed E-state index contributed by atoms with van der Waals surface area (Å²) in [5, 5.41) is 35.3. The third kappa shape index (κ3) is 7.91. The number of urea groups is 1. The van der Waals surface area contributed by atoms with E-state index in [-0.39, 0.29) is 23.6 Å². The van der Waals surface area contributed by atoms with E-state index in [1.165, 1.54) is 24.3 Å². The number of nitrogens with one attached hydrogen (secondary N) is 5. The quantitative estimate of drug-likeness (QED) is 0.0677. The Hall–Kier alpha value is -4.69. The van der Waals surface area contributed by atoms with Gasteiger partial charge in [-0.25, -0.2) is 14.5 Å². The number of carboxylic acids is 2. The second-order valence-electron chi connectivity index (χ2n) is 8.90. The molecule has 1 aromatic rings. The van der Waals surface area contributed by atoms with Gasteiger partial charge in [-0.3, -0.25) is 24.6 Å². The van der Waals surface area contributed by atoms with Gasteiger partial charge >= 0.3 is 18.0 Å². The normalized spacial score (nSPS) is 16.4. The van der Waals surface area contributed by atoms with Crippen LogP contribution in [0.1, 0.15) is 43.5 Å². The minimum absolute atomic E-state index is 0.0703. The molecule has 0 unspecified atom stereocenters. The van der Waals surface area contributed by atoms with Crippen LogP contribution in [0.2, 0.25) is 0 Å². The van der Waals surface area contributed by atoms with Gasteiger partial charge in [-0.05, 0) is 37.0 Å². The molecule has 5 amide bonds. The molecule has 1 aliphatic heterocycles. The van der Waals surface area contributed by atoms with Crippen LogP contribution in [0.25, 0.3) is 0 Å². The molecule has 0 aromatic heterocycles. The minimum Gasteiger partial charge on any atom is -0.481 e. The maximum atomic E-state index is 12.9. The SMILES string of the molecule is CC(C)[C@H](NC(=O)[C@H](CC(=O)O)NC(=O)c1cccc(N2C(=O)N[C@@H](CCCNC(=N)N)C2=O)c1)C(=O)O. The maximum Gasteiger partial charge on any atom is 0.329 e. The number of imide groups is 1. The third-order valence-electron chi connectivity index (χ3n) is 5.60. The van der Waals surface area contributed by atoms with Crippen molar-refractivity contribution < 1.29 is 39.0 Å². The van der Waals surface area contributed by atoms with Crippen molar-refractivity contribution in [2.45, 2.75) is 51.2 Å². The Morgan fingerprint density at radius 2 is 1.84 bits per heavy atom. The number of hydrogen-bond donors (Lipinski definition) is 8. The van der Waals surface area contributed by atoms with Gasteiger partial charge < -0.3 is 37.2 Å². The van der Waals surface area contributed by atoms with Gasteiger partial charge in [0.1, 0.15) is 18.1 Å². The number of rotatable bonds is 13. The van der Waals surface area contributed by atoms with E-state index in [4.69, 9.17) is 11.1 Å². The molecule has 15 nitrogen and oxygen atoms in total. The molecule has 15 heteroatoms.